The van der Waals surface area contributed by atoms with E-state index in [2.05, 4.69) is 64.3 Å². The number of hydrogen-bond donors (Lipinski definition) is 1. The van der Waals surface area contributed by atoms with E-state index in [0.717, 1.165) is 23.1 Å². The molecule has 0 saturated carbocycles. The van der Waals surface area contributed by atoms with Crippen molar-refractivity contribution in [1.82, 2.24) is 10.3 Å². The molecule has 1 aromatic heterocycles. The third-order valence-electron chi connectivity index (χ3n) is 3.09. The first-order valence-corrected chi connectivity index (χ1v) is 7.39. The van der Waals surface area contributed by atoms with Crippen LogP contribution in [-0.2, 0) is 6.42 Å². The number of likely N-dealkylation sites (N-methyl/N-ethyl adjacent to an activating group) is 1. The van der Waals surface area contributed by atoms with E-state index in [1.807, 2.05) is 18.3 Å². The molecule has 0 aliphatic heterocycles. The van der Waals surface area contributed by atoms with Crippen LogP contribution >= 0.6 is 15.9 Å². The fourth-order valence-electron chi connectivity index (χ4n) is 2.24. The lowest BCUT2D eigenvalue weighted by Gasteiger charge is -2.19. The second-order valence-electron chi connectivity index (χ2n) is 4.67. The first-order chi connectivity index (χ1) is 9.20. The zero-order valence-electron chi connectivity index (χ0n) is 11.4. The molecule has 1 atom stereocenters. The molecule has 1 unspecified atom stereocenters. The fourth-order valence-corrected chi connectivity index (χ4v) is 2.77. The van der Waals surface area contributed by atoms with E-state index in [4.69, 9.17) is 0 Å². The second kappa shape index (κ2) is 6.83. The summed E-state index contributed by atoms with van der Waals surface area (Å²) in [6.07, 6.45) is 2.80. The number of halogens is 1. The van der Waals surface area contributed by atoms with Crippen LogP contribution in [0.25, 0.3) is 0 Å². The summed E-state index contributed by atoms with van der Waals surface area (Å²) in [7, 11) is 0. The van der Waals surface area contributed by atoms with Crippen molar-refractivity contribution in [3.05, 3.63) is 63.9 Å². The molecule has 2 rings (SSSR count). The van der Waals surface area contributed by atoms with Gasteiger partial charge in [0.2, 0.25) is 0 Å². The Morgan fingerprint density at radius 1 is 1.26 bits per heavy atom. The van der Waals surface area contributed by atoms with Crippen LogP contribution in [0.1, 0.15) is 29.8 Å². The zero-order chi connectivity index (χ0) is 13.7. The van der Waals surface area contributed by atoms with Gasteiger partial charge in [0.1, 0.15) is 0 Å². The van der Waals surface area contributed by atoms with E-state index in [1.165, 1.54) is 11.1 Å². The topological polar surface area (TPSA) is 24.9 Å². The molecule has 0 aliphatic carbocycles. The number of nitrogens with zero attached hydrogens (tertiary/aromatic N) is 1. The molecule has 1 N–H and O–H groups in total. The van der Waals surface area contributed by atoms with E-state index in [1.54, 1.807) is 0 Å². The van der Waals surface area contributed by atoms with Crippen molar-refractivity contribution < 1.29 is 0 Å². The van der Waals surface area contributed by atoms with Gasteiger partial charge < -0.3 is 5.32 Å². The average Bonchev–Trinajstić information content (AvgIpc) is 2.39. The molecule has 0 amide bonds. The smallest absolute Gasteiger partial charge is 0.0718 e. The van der Waals surface area contributed by atoms with Gasteiger partial charge in [-0.1, -0.05) is 36.8 Å². The van der Waals surface area contributed by atoms with Gasteiger partial charge in [-0.2, -0.15) is 0 Å². The molecule has 0 fully saturated rings. The van der Waals surface area contributed by atoms with Gasteiger partial charge in [-0.25, -0.2) is 0 Å². The van der Waals surface area contributed by atoms with Crippen LogP contribution in [0.15, 0.2) is 47.1 Å². The van der Waals surface area contributed by atoms with E-state index in [-0.39, 0.29) is 6.04 Å². The molecule has 0 bridgehead atoms. The molecule has 2 nitrogen and oxygen atoms in total. The molecule has 0 spiro atoms. The summed E-state index contributed by atoms with van der Waals surface area (Å²) < 4.78 is 1.06. The Kier molecular flexibility index (Phi) is 5.11. The third kappa shape index (κ3) is 3.88. The first-order valence-electron chi connectivity index (χ1n) is 6.60. The summed E-state index contributed by atoms with van der Waals surface area (Å²) in [5, 5.41) is 3.52. The summed E-state index contributed by atoms with van der Waals surface area (Å²) in [5.74, 6) is 0. The van der Waals surface area contributed by atoms with Gasteiger partial charge in [0.05, 0.1) is 11.7 Å². The van der Waals surface area contributed by atoms with E-state index < -0.39 is 0 Å². The largest absolute Gasteiger partial charge is 0.309 e. The van der Waals surface area contributed by atoms with Crippen LogP contribution < -0.4 is 5.32 Å². The van der Waals surface area contributed by atoms with Gasteiger partial charge >= 0.3 is 0 Å². The molecule has 0 saturated heterocycles. The second-order valence-corrected chi connectivity index (χ2v) is 5.53. The Morgan fingerprint density at radius 3 is 2.79 bits per heavy atom. The number of pyridine rings is 1. The summed E-state index contributed by atoms with van der Waals surface area (Å²) in [6, 6.07) is 12.9. The van der Waals surface area contributed by atoms with Crippen LogP contribution in [-0.4, -0.2) is 11.5 Å². The maximum Gasteiger partial charge on any atom is 0.0718 e. The molecule has 2 aromatic rings. The average molecular weight is 319 g/mol. The summed E-state index contributed by atoms with van der Waals surface area (Å²) in [5.41, 5.74) is 3.71. The van der Waals surface area contributed by atoms with E-state index in [0.29, 0.717) is 0 Å². The van der Waals surface area contributed by atoms with Crippen LogP contribution in [0.2, 0.25) is 0 Å². The van der Waals surface area contributed by atoms with Gasteiger partial charge in [-0.05, 0) is 53.5 Å². The van der Waals surface area contributed by atoms with Crippen molar-refractivity contribution in [3.63, 3.8) is 0 Å². The highest BCUT2D eigenvalue weighted by molar-refractivity contribution is 9.10. The molecule has 1 aromatic carbocycles. The minimum absolute atomic E-state index is 0.238. The Balaban J connectivity index is 2.24. The quantitative estimate of drug-likeness (QED) is 0.899. The molecule has 1 heterocycles. The normalized spacial score (nSPS) is 12.4. The fraction of sp³-hybridized carbons (Fsp3) is 0.312. The summed E-state index contributed by atoms with van der Waals surface area (Å²) in [4.78, 5) is 4.51. The highest BCUT2D eigenvalue weighted by Gasteiger charge is 2.15. The Morgan fingerprint density at radius 2 is 2.11 bits per heavy atom. The SMILES string of the molecule is CCNC(Cc1cccc(C)c1)c1ncccc1Br. The van der Waals surface area contributed by atoms with Gasteiger partial charge in [0, 0.05) is 10.7 Å². The predicted molar refractivity (Wildman–Crippen MR) is 83.2 cm³/mol. The molecular weight excluding hydrogens is 300 g/mol. The Bertz CT molecular complexity index is 540. The number of benzene rings is 1. The number of aromatic nitrogens is 1. The molecular formula is C16H19BrN2. The van der Waals surface area contributed by atoms with E-state index in [9.17, 15) is 0 Å². The number of nitrogens with one attached hydrogen (secondary N) is 1. The molecule has 0 aliphatic rings. The lowest BCUT2D eigenvalue weighted by molar-refractivity contribution is 0.534. The van der Waals surface area contributed by atoms with Crippen molar-refractivity contribution >= 4 is 15.9 Å². The monoisotopic (exact) mass is 318 g/mol. The zero-order valence-corrected chi connectivity index (χ0v) is 12.9. The van der Waals surface area contributed by atoms with Crippen LogP contribution in [0, 0.1) is 6.92 Å². The summed E-state index contributed by atoms with van der Waals surface area (Å²) in [6.45, 7) is 5.18. The third-order valence-corrected chi connectivity index (χ3v) is 3.76. The maximum absolute atomic E-state index is 4.51. The van der Waals surface area contributed by atoms with Crippen molar-refractivity contribution in [2.45, 2.75) is 26.3 Å². The van der Waals surface area contributed by atoms with Crippen molar-refractivity contribution in [2.24, 2.45) is 0 Å². The number of rotatable bonds is 5. The molecule has 100 valence electrons. The highest BCUT2D eigenvalue weighted by atomic mass is 79.9. The molecule has 3 heteroatoms. The van der Waals surface area contributed by atoms with Crippen molar-refractivity contribution in [3.8, 4) is 0 Å². The maximum atomic E-state index is 4.51. The first kappa shape index (κ1) is 14.2. The molecule has 19 heavy (non-hydrogen) atoms. The minimum Gasteiger partial charge on any atom is -0.309 e. The lowest BCUT2D eigenvalue weighted by Crippen LogP contribution is -2.24. The Hall–Kier alpha value is -1.19. The van der Waals surface area contributed by atoms with Crippen molar-refractivity contribution in [1.29, 1.82) is 0 Å². The van der Waals surface area contributed by atoms with Gasteiger partial charge in [0.25, 0.3) is 0 Å². The van der Waals surface area contributed by atoms with Gasteiger partial charge in [0.15, 0.2) is 0 Å². The summed E-state index contributed by atoms with van der Waals surface area (Å²) >= 11 is 3.59. The van der Waals surface area contributed by atoms with Crippen molar-refractivity contribution in [2.75, 3.05) is 6.54 Å². The highest BCUT2D eigenvalue weighted by Crippen LogP contribution is 2.24. The van der Waals surface area contributed by atoms with Gasteiger partial charge in [-0.15, -0.1) is 0 Å². The number of hydrogen-bond acceptors (Lipinski definition) is 2. The number of aryl methyl sites for hydroxylation is 1. The van der Waals surface area contributed by atoms with Crippen LogP contribution in [0.5, 0.6) is 0 Å². The van der Waals surface area contributed by atoms with Crippen LogP contribution in [0.3, 0.4) is 0 Å². The molecule has 0 radical (unpaired) electrons. The Labute approximate surface area is 123 Å². The van der Waals surface area contributed by atoms with Crippen LogP contribution in [0.4, 0.5) is 0 Å². The van der Waals surface area contributed by atoms with Gasteiger partial charge in [-0.3, -0.25) is 4.98 Å². The standard InChI is InChI=1S/C16H19BrN2/c1-3-18-15(16-14(17)8-5-9-19-16)11-13-7-4-6-12(2)10-13/h4-10,15,18H,3,11H2,1-2H3. The predicted octanol–water partition coefficient (Wildman–Crippen LogP) is 4.05. The van der Waals surface area contributed by atoms with E-state index >= 15 is 0 Å². The minimum atomic E-state index is 0.238. The lowest BCUT2D eigenvalue weighted by atomic mass is 10.0.